The summed E-state index contributed by atoms with van der Waals surface area (Å²) in [6.07, 6.45) is 4.48. The number of hydrogen-bond donors (Lipinski definition) is 0. The molecule has 0 fully saturated rings. The molecular weight excluding hydrogens is 528 g/mol. The van der Waals surface area contributed by atoms with Crippen molar-refractivity contribution in [2.45, 2.75) is 97.8 Å². The zero-order chi connectivity index (χ0) is 30.9. The lowest BCUT2D eigenvalue weighted by Crippen LogP contribution is -2.31. The van der Waals surface area contributed by atoms with Crippen molar-refractivity contribution in [3.8, 4) is 17.2 Å². The van der Waals surface area contributed by atoms with Crippen LogP contribution in [0.2, 0.25) is 0 Å². The number of carbonyl (C=O) groups excluding carboxylic acids is 3. The van der Waals surface area contributed by atoms with Crippen LogP contribution < -0.4 is 14.2 Å². The Bertz CT molecular complexity index is 1410. The summed E-state index contributed by atoms with van der Waals surface area (Å²) in [6.45, 7) is 12.8. The Balaban J connectivity index is 2.20. The van der Waals surface area contributed by atoms with Crippen molar-refractivity contribution in [3.63, 3.8) is 0 Å². The van der Waals surface area contributed by atoms with Gasteiger partial charge in [0.1, 0.15) is 17.2 Å². The molecule has 6 nitrogen and oxygen atoms in total. The quantitative estimate of drug-likeness (QED) is 0.152. The summed E-state index contributed by atoms with van der Waals surface area (Å²) in [7, 11) is 0. The molecule has 3 aromatic carbocycles. The predicted octanol–water partition coefficient (Wildman–Crippen LogP) is 8.06. The van der Waals surface area contributed by atoms with Gasteiger partial charge >= 0.3 is 17.9 Å². The molecule has 0 aliphatic carbocycles. The lowest BCUT2D eigenvalue weighted by molar-refractivity contribution is -0.133. The van der Waals surface area contributed by atoms with E-state index in [1.54, 1.807) is 0 Å². The Morgan fingerprint density at radius 3 is 1.76 bits per heavy atom. The van der Waals surface area contributed by atoms with Crippen molar-refractivity contribution >= 4 is 17.9 Å². The minimum Gasteiger partial charge on any atom is -0.426 e. The van der Waals surface area contributed by atoms with Crippen molar-refractivity contribution < 1.29 is 28.6 Å². The summed E-state index contributed by atoms with van der Waals surface area (Å²) in [6, 6.07) is 21.4. The van der Waals surface area contributed by atoms with Crippen molar-refractivity contribution in [1.29, 1.82) is 0 Å². The molecule has 0 aliphatic rings. The van der Waals surface area contributed by atoms with Crippen LogP contribution in [0.1, 0.15) is 96.4 Å². The van der Waals surface area contributed by atoms with E-state index in [1.165, 1.54) is 20.8 Å². The monoisotopic (exact) mass is 572 g/mol. The van der Waals surface area contributed by atoms with E-state index in [0.29, 0.717) is 30.1 Å². The highest BCUT2D eigenvalue weighted by molar-refractivity contribution is 5.72. The topological polar surface area (TPSA) is 78.9 Å². The third kappa shape index (κ3) is 7.67. The number of rotatable bonds is 13. The number of esters is 3. The van der Waals surface area contributed by atoms with E-state index in [2.05, 4.69) is 33.8 Å². The summed E-state index contributed by atoms with van der Waals surface area (Å²) in [4.78, 5) is 36.3. The Labute approximate surface area is 250 Å². The molecular formula is C36H44O6. The molecule has 0 heterocycles. The predicted molar refractivity (Wildman–Crippen MR) is 165 cm³/mol. The highest BCUT2D eigenvalue weighted by Crippen LogP contribution is 2.46. The Kier molecular flexibility index (Phi) is 11.1. The van der Waals surface area contributed by atoms with Crippen molar-refractivity contribution in [3.05, 3.63) is 89.0 Å². The van der Waals surface area contributed by atoms with Gasteiger partial charge in [0.15, 0.2) is 0 Å². The minimum atomic E-state index is -0.416. The van der Waals surface area contributed by atoms with Gasteiger partial charge in [0.2, 0.25) is 0 Å². The van der Waals surface area contributed by atoms with Crippen LogP contribution in [0.3, 0.4) is 0 Å². The molecule has 224 valence electrons. The average Bonchev–Trinajstić information content (AvgIpc) is 2.94. The van der Waals surface area contributed by atoms with Crippen LogP contribution in [0.5, 0.6) is 17.2 Å². The summed E-state index contributed by atoms with van der Waals surface area (Å²) in [5.74, 6) is 0.541. The summed E-state index contributed by atoms with van der Waals surface area (Å²) < 4.78 is 17.2. The minimum absolute atomic E-state index is 0.365. The standard InChI is InChI=1S/C36H44O6/c1-8-22-36(10-3,24-28-16-11-13-20-32(28)40-25(4)37)31-19-15-17-29(34(31)42-27(6)39)23-35(7,9-2)30-18-12-14-21-33(30)41-26(5)38/h11-21H,8-10,22-24H2,1-7H3. The van der Waals surface area contributed by atoms with E-state index in [0.717, 1.165) is 47.9 Å². The summed E-state index contributed by atoms with van der Waals surface area (Å²) in [5.41, 5.74) is 2.92. The van der Waals surface area contributed by atoms with Crippen LogP contribution in [0.4, 0.5) is 0 Å². The highest BCUT2D eigenvalue weighted by atomic mass is 16.5. The number of ether oxygens (including phenoxy) is 3. The molecule has 0 aliphatic heterocycles. The van der Waals surface area contributed by atoms with Gasteiger partial charge in [-0.2, -0.15) is 0 Å². The normalized spacial score (nSPS) is 13.9. The molecule has 0 radical (unpaired) electrons. The first-order valence-electron chi connectivity index (χ1n) is 14.8. The van der Waals surface area contributed by atoms with Crippen molar-refractivity contribution in [2.24, 2.45) is 0 Å². The molecule has 0 amide bonds. The van der Waals surface area contributed by atoms with Crippen LogP contribution in [-0.4, -0.2) is 17.9 Å². The van der Waals surface area contributed by atoms with Crippen molar-refractivity contribution in [2.75, 3.05) is 0 Å². The third-order valence-electron chi connectivity index (χ3n) is 8.23. The van der Waals surface area contributed by atoms with E-state index in [1.807, 2.05) is 60.7 Å². The van der Waals surface area contributed by atoms with Gasteiger partial charge in [-0.25, -0.2) is 0 Å². The largest absolute Gasteiger partial charge is 0.426 e. The first-order valence-corrected chi connectivity index (χ1v) is 14.8. The number of benzene rings is 3. The van der Waals surface area contributed by atoms with Gasteiger partial charge in [-0.15, -0.1) is 0 Å². The molecule has 2 atom stereocenters. The molecule has 0 bridgehead atoms. The molecule has 0 spiro atoms. The highest BCUT2D eigenvalue weighted by Gasteiger charge is 2.37. The van der Waals surface area contributed by atoms with Gasteiger partial charge in [0.05, 0.1) is 0 Å². The first-order chi connectivity index (χ1) is 20.0. The smallest absolute Gasteiger partial charge is 0.308 e. The SMILES string of the molecule is CCCC(CC)(Cc1ccccc1OC(C)=O)c1cccc(CC(C)(CC)c2ccccc2OC(C)=O)c1OC(C)=O. The Morgan fingerprint density at radius 1 is 0.619 bits per heavy atom. The van der Waals surface area contributed by atoms with E-state index < -0.39 is 5.41 Å². The number of para-hydroxylation sites is 3. The fourth-order valence-electron chi connectivity index (χ4n) is 6.00. The maximum atomic E-state index is 12.6. The second-order valence-electron chi connectivity index (χ2n) is 11.3. The third-order valence-corrected chi connectivity index (χ3v) is 8.23. The zero-order valence-electron chi connectivity index (χ0n) is 26.0. The molecule has 0 aromatic heterocycles. The van der Waals surface area contributed by atoms with Crippen LogP contribution in [0, 0.1) is 0 Å². The molecule has 3 rings (SSSR count). The average molecular weight is 573 g/mol. The maximum absolute atomic E-state index is 12.6. The van der Waals surface area contributed by atoms with Gasteiger partial charge in [0, 0.05) is 42.7 Å². The summed E-state index contributed by atoms with van der Waals surface area (Å²) in [5, 5.41) is 0. The fraction of sp³-hybridized carbons (Fsp3) is 0.417. The van der Waals surface area contributed by atoms with E-state index in [-0.39, 0.29) is 23.3 Å². The van der Waals surface area contributed by atoms with Gasteiger partial charge < -0.3 is 14.2 Å². The first kappa shape index (κ1) is 32.6. The van der Waals surface area contributed by atoms with Gasteiger partial charge in [-0.3, -0.25) is 14.4 Å². The molecule has 2 unspecified atom stereocenters. The van der Waals surface area contributed by atoms with Crippen LogP contribution >= 0.6 is 0 Å². The Morgan fingerprint density at radius 2 is 1.17 bits per heavy atom. The Hall–Kier alpha value is -3.93. The van der Waals surface area contributed by atoms with E-state index >= 15 is 0 Å². The lowest BCUT2D eigenvalue weighted by atomic mass is 9.68. The zero-order valence-corrected chi connectivity index (χ0v) is 26.0. The van der Waals surface area contributed by atoms with E-state index in [4.69, 9.17) is 14.2 Å². The fourth-order valence-corrected chi connectivity index (χ4v) is 6.00. The molecule has 3 aromatic rings. The lowest BCUT2D eigenvalue weighted by Gasteiger charge is -2.37. The second-order valence-corrected chi connectivity index (χ2v) is 11.3. The van der Waals surface area contributed by atoms with Gasteiger partial charge in [-0.1, -0.05) is 88.7 Å². The molecule has 0 N–H and O–H groups in total. The second kappa shape index (κ2) is 14.3. The van der Waals surface area contributed by atoms with Gasteiger partial charge in [0.25, 0.3) is 0 Å². The maximum Gasteiger partial charge on any atom is 0.308 e. The number of hydrogen-bond acceptors (Lipinski definition) is 6. The van der Waals surface area contributed by atoms with Crippen LogP contribution in [0.25, 0.3) is 0 Å². The van der Waals surface area contributed by atoms with Crippen LogP contribution in [-0.2, 0) is 38.1 Å². The van der Waals surface area contributed by atoms with E-state index in [9.17, 15) is 14.4 Å². The molecule has 42 heavy (non-hydrogen) atoms. The summed E-state index contributed by atoms with van der Waals surface area (Å²) >= 11 is 0. The molecule has 6 heteroatoms. The molecule has 0 saturated heterocycles. The van der Waals surface area contributed by atoms with Crippen LogP contribution in [0.15, 0.2) is 66.7 Å². The van der Waals surface area contributed by atoms with Gasteiger partial charge in [-0.05, 0) is 55.4 Å². The van der Waals surface area contributed by atoms with Crippen molar-refractivity contribution in [1.82, 2.24) is 0 Å². The number of carbonyl (C=O) groups is 3. The molecule has 0 saturated carbocycles.